The van der Waals surface area contributed by atoms with Crippen LogP contribution >= 0.6 is 0 Å². The van der Waals surface area contributed by atoms with Gasteiger partial charge in [-0.05, 0) is 36.1 Å². The first-order valence-corrected chi connectivity index (χ1v) is 13.7. The van der Waals surface area contributed by atoms with Crippen molar-refractivity contribution >= 4 is 33.2 Å². The number of nitrogens with one attached hydrogen (secondary N) is 2. The lowest BCUT2D eigenvalue weighted by atomic mass is 10.0. The average Bonchev–Trinajstić information content (AvgIpc) is 3.18. The summed E-state index contributed by atoms with van der Waals surface area (Å²) in [7, 11) is -4.36. The molecule has 218 valence electrons. The second-order valence-corrected chi connectivity index (χ2v) is 11.5. The molecule has 0 spiro atoms. The van der Waals surface area contributed by atoms with Crippen molar-refractivity contribution in [3.8, 4) is 5.88 Å². The zero-order valence-corrected chi connectivity index (χ0v) is 22.6. The Bertz CT molecular complexity index is 1440. The molecule has 2 atom stereocenters. The normalized spacial score (nSPS) is 14.3. The molecular formula is C26H31F3N4O6S. The number of benzene rings is 2. The molecule has 0 bridgehead atoms. The first kappa shape index (κ1) is 30.9. The molecule has 1 aromatic heterocycles. The van der Waals surface area contributed by atoms with E-state index in [0.29, 0.717) is 5.56 Å². The number of aliphatic hydroxyl groups excluding tert-OH is 1. The number of aromatic amines is 1. The standard InChI is InChI=1S/C26H31F3N4O6S/c1-16(2)14-33(22(23(34)13-31-25(36)37)10-17-6-4-3-5-7-17)40(38,39)18-8-9-21-19(11-18)20(24(35)32-21)12-30-15-26(27,28)29/h3-9,11-12,16,22-23,31-32,34-35H,10,13-15H2,1-2H3,(H,36,37). The number of nitrogens with zero attached hydrogens (tertiary/aromatic N) is 2. The van der Waals surface area contributed by atoms with Crippen LogP contribution < -0.4 is 5.32 Å². The van der Waals surface area contributed by atoms with Crippen LogP contribution in [0.5, 0.6) is 5.88 Å². The molecule has 5 N–H and O–H groups in total. The van der Waals surface area contributed by atoms with Gasteiger partial charge in [0.05, 0.1) is 22.6 Å². The van der Waals surface area contributed by atoms with Gasteiger partial charge in [-0.15, -0.1) is 0 Å². The second kappa shape index (κ2) is 12.7. The number of halogens is 3. The number of carbonyl (C=O) groups is 1. The van der Waals surface area contributed by atoms with Crippen LogP contribution in [0.2, 0.25) is 0 Å². The number of amides is 1. The van der Waals surface area contributed by atoms with Gasteiger partial charge in [-0.25, -0.2) is 13.2 Å². The molecule has 40 heavy (non-hydrogen) atoms. The Morgan fingerprint density at radius 3 is 2.45 bits per heavy atom. The number of hydrogen-bond donors (Lipinski definition) is 5. The highest BCUT2D eigenvalue weighted by atomic mass is 32.2. The summed E-state index contributed by atoms with van der Waals surface area (Å²) in [6.45, 7) is 1.63. The van der Waals surface area contributed by atoms with Gasteiger partial charge in [0.15, 0.2) is 5.88 Å². The van der Waals surface area contributed by atoms with Crippen molar-refractivity contribution in [3.63, 3.8) is 0 Å². The minimum atomic E-state index is -4.56. The van der Waals surface area contributed by atoms with Gasteiger partial charge in [0.1, 0.15) is 6.54 Å². The van der Waals surface area contributed by atoms with E-state index in [1.807, 2.05) is 0 Å². The Kier molecular flexibility index (Phi) is 9.82. The van der Waals surface area contributed by atoms with E-state index < -0.39 is 53.4 Å². The molecule has 0 aliphatic heterocycles. The summed E-state index contributed by atoms with van der Waals surface area (Å²) in [6, 6.07) is 11.6. The monoisotopic (exact) mass is 584 g/mol. The number of aromatic nitrogens is 1. The molecule has 0 aliphatic rings. The quantitative estimate of drug-likeness (QED) is 0.204. The third kappa shape index (κ3) is 7.96. The van der Waals surface area contributed by atoms with Crippen LogP contribution in [0.3, 0.4) is 0 Å². The molecule has 0 saturated carbocycles. The minimum Gasteiger partial charge on any atom is -0.494 e. The number of alkyl halides is 3. The number of aliphatic imine (C=N–C) groups is 1. The molecule has 0 radical (unpaired) electrons. The largest absolute Gasteiger partial charge is 0.494 e. The Labute approximate surface area is 229 Å². The van der Waals surface area contributed by atoms with E-state index in [0.717, 1.165) is 10.5 Å². The Balaban J connectivity index is 2.09. The fraction of sp³-hybridized carbons (Fsp3) is 0.385. The van der Waals surface area contributed by atoms with E-state index >= 15 is 0 Å². The fourth-order valence-electron chi connectivity index (χ4n) is 4.23. The Hall–Kier alpha value is -3.62. The zero-order chi connectivity index (χ0) is 29.7. The van der Waals surface area contributed by atoms with Gasteiger partial charge in [-0.1, -0.05) is 44.2 Å². The molecule has 1 amide bonds. The Morgan fingerprint density at radius 1 is 1.18 bits per heavy atom. The van der Waals surface area contributed by atoms with Gasteiger partial charge in [0.25, 0.3) is 0 Å². The number of fused-ring (bicyclic) bond motifs is 1. The van der Waals surface area contributed by atoms with Crippen LogP contribution in [0, 0.1) is 5.92 Å². The molecule has 3 aromatic rings. The molecule has 0 aliphatic carbocycles. The lowest BCUT2D eigenvalue weighted by Crippen LogP contribution is -2.52. The van der Waals surface area contributed by atoms with E-state index in [2.05, 4.69) is 15.3 Å². The van der Waals surface area contributed by atoms with Crippen molar-refractivity contribution in [2.24, 2.45) is 10.9 Å². The van der Waals surface area contributed by atoms with Gasteiger partial charge in [0.2, 0.25) is 10.0 Å². The maximum absolute atomic E-state index is 14.1. The number of hydrogen-bond acceptors (Lipinski definition) is 6. The van der Waals surface area contributed by atoms with E-state index in [1.165, 1.54) is 18.2 Å². The molecule has 1 heterocycles. The highest BCUT2D eigenvalue weighted by Crippen LogP contribution is 2.31. The number of rotatable bonds is 12. The SMILES string of the molecule is CC(C)CN(C(Cc1ccccc1)C(O)CNC(=O)O)S(=O)(=O)c1ccc2[nH]c(O)c(C=NCC(F)(F)F)c2c1. The summed E-state index contributed by atoms with van der Waals surface area (Å²) < 4.78 is 67.0. The fourth-order valence-corrected chi connectivity index (χ4v) is 6.07. The van der Waals surface area contributed by atoms with E-state index in [9.17, 15) is 36.6 Å². The van der Waals surface area contributed by atoms with Crippen LogP contribution in [0.15, 0.2) is 58.4 Å². The molecule has 14 heteroatoms. The molecule has 3 rings (SSSR count). The highest BCUT2D eigenvalue weighted by molar-refractivity contribution is 7.89. The number of aromatic hydroxyl groups is 1. The van der Waals surface area contributed by atoms with Gasteiger partial charge in [-0.2, -0.15) is 17.5 Å². The van der Waals surface area contributed by atoms with E-state index in [4.69, 9.17) is 5.11 Å². The molecule has 10 nitrogen and oxygen atoms in total. The summed E-state index contributed by atoms with van der Waals surface area (Å²) in [4.78, 5) is 16.8. The lowest BCUT2D eigenvalue weighted by Gasteiger charge is -2.35. The van der Waals surface area contributed by atoms with Crippen LogP contribution in [-0.2, 0) is 16.4 Å². The summed E-state index contributed by atoms with van der Waals surface area (Å²) in [6.07, 6.45) is -6.47. The summed E-state index contributed by atoms with van der Waals surface area (Å²) in [5, 5.41) is 32.5. The first-order chi connectivity index (χ1) is 18.7. The highest BCUT2D eigenvalue weighted by Gasteiger charge is 2.37. The Morgan fingerprint density at radius 2 is 1.85 bits per heavy atom. The van der Waals surface area contributed by atoms with Gasteiger partial charge in [-0.3, -0.25) is 4.99 Å². The van der Waals surface area contributed by atoms with Crippen LogP contribution in [0.4, 0.5) is 18.0 Å². The predicted octanol–water partition coefficient (Wildman–Crippen LogP) is 3.74. The average molecular weight is 585 g/mol. The second-order valence-electron chi connectivity index (χ2n) is 9.66. The van der Waals surface area contributed by atoms with Crippen molar-refractivity contribution in [2.45, 2.75) is 43.5 Å². The van der Waals surface area contributed by atoms with Crippen LogP contribution in [0.1, 0.15) is 25.0 Å². The molecular weight excluding hydrogens is 553 g/mol. The molecule has 0 fully saturated rings. The smallest absolute Gasteiger partial charge is 0.407 e. The van der Waals surface area contributed by atoms with Crippen LogP contribution in [0.25, 0.3) is 10.9 Å². The van der Waals surface area contributed by atoms with E-state index in [-0.39, 0.29) is 40.2 Å². The molecule has 2 aromatic carbocycles. The molecule has 0 saturated heterocycles. The topological polar surface area (TPSA) is 155 Å². The summed E-state index contributed by atoms with van der Waals surface area (Å²) in [5.41, 5.74) is 0.866. The van der Waals surface area contributed by atoms with Crippen molar-refractivity contribution < 1.29 is 41.7 Å². The van der Waals surface area contributed by atoms with Crippen molar-refractivity contribution in [1.29, 1.82) is 0 Å². The predicted molar refractivity (Wildman–Crippen MR) is 143 cm³/mol. The van der Waals surface area contributed by atoms with Crippen molar-refractivity contribution in [2.75, 3.05) is 19.6 Å². The lowest BCUT2D eigenvalue weighted by molar-refractivity contribution is -0.118. The van der Waals surface area contributed by atoms with Crippen molar-refractivity contribution in [3.05, 3.63) is 59.7 Å². The summed E-state index contributed by atoms with van der Waals surface area (Å²) >= 11 is 0. The molecule has 2 unspecified atom stereocenters. The zero-order valence-electron chi connectivity index (χ0n) is 21.8. The van der Waals surface area contributed by atoms with Gasteiger partial charge in [0, 0.05) is 30.2 Å². The van der Waals surface area contributed by atoms with Crippen LogP contribution in [-0.4, -0.2) is 83.3 Å². The third-order valence-corrected chi connectivity index (χ3v) is 7.88. The van der Waals surface area contributed by atoms with Gasteiger partial charge >= 0.3 is 12.3 Å². The third-order valence-electron chi connectivity index (χ3n) is 6.00. The van der Waals surface area contributed by atoms with Crippen molar-refractivity contribution in [1.82, 2.24) is 14.6 Å². The minimum absolute atomic E-state index is 0.0275. The number of sulfonamides is 1. The number of carboxylic acid groups (broad SMARTS) is 1. The van der Waals surface area contributed by atoms with Gasteiger partial charge < -0.3 is 25.6 Å². The number of aliphatic hydroxyl groups is 1. The number of H-pyrrole nitrogens is 1. The maximum Gasteiger partial charge on any atom is 0.407 e. The first-order valence-electron chi connectivity index (χ1n) is 12.3. The van der Waals surface area contributed by atoms with E-state index in [1.54, 1.807) is 44.2 Å². The summed E-state index contributed by atoms with van der Waals surface area (Å²) in [5.74, 6) is -0.676. The maximum atomic E-state index is 14.1.